The molecule has 1 heterocycles. The molecule has 0 aromatic heterocycles. The van der Waals surface area contributed by atoms with E-state index in [2.05, 4.69) is 20.5 Å². The third-order valence-electron chi connectivity index (χ3n) is 3.59. The molecule has 1 aromatic carbocycles. The number of morpholine rings is 1. The van der Waals surface area contributed by atoms with Crippen LogP contribution in [0.15, 0.2) is 23.2 Å². The molecule has 1 fully saturated rings. The highest BCUT2D eigenvalue weighted by Crippen LogP contribution is 2.17. The van der Waals surface area contributed by atoms with Crippen LogP contribution >= 0.6 is 24.0 Å². The maximum absolute atomic E-state index is 13.4. The van der Waals surface area contributed by atoms with Gasteiger partial charge in [0.2, 0.25) is 0 Å². The first-order valence-electron chi connectivity index (χ1n) is 8.01. The number of benzene rings is 1. The van der Waals surface area contributed by atoms with Crippen molar-refractivity contribution in [2.24, 2.45) is 4.99 Å². The summed E-state index contributed by atoms with van der Waals surface area (Å²) in [6, 6.07) is 3.24. The van der Waals surface area contributed by atoms with Crippen molar-refractivity contribution in [2.45, 2.75) is 0 Å². The molecule has 0 radical (unpaired) electrons. The molecule has 2 rings (SSSR count). The maximum atomic E-state index is 13.4. The van der Waals surface area contributed by atoms with Crippen LogP contribution in [0.1, 0.15) is 0 Å². The molecule has 1 aliphatic rings. The van der Waals surface area contributed by atoms with E-state index in [-0.39, 0.29) is 36.3 Å². The summed E-state index contributed by atoms with van der Waals surface area (Å²) in [4.78, 5) is 6.44. The van der Waals surface area contributed by atoms with Crippen molar-refractivity contribution < 1.29 is 18.3 Å². The molecule has 0 aliphatic carbocycles. The van der Waals surface area contributed by atoms with Crippen LogP contribution in [0.3, 0.4) is 0 Å². The maximum Gasteiger partial charge on any atom is 0.191 e. The Kier molecular flexibility index (Phi) is 10.7. The lowest BCUT2D eigenvalue weighted by Gasteiger charge is -2.26. The van der Waals surface area contributed by atoms with E-state index in [1.165, 1.54) is 6.07 Å². The van der Waals surface area contributed by atoms with Crippen LogP contribution in [0, 0.1) is 11.6 Å². The van der Waals surface area contributed by atoms with Gasteiger partial charge in [-0.2, -0.15) is 0 Å². The second-order valence-electron chi connectivity index (χ2n) is 5.30. The topological polar surface area (TPSA) is 58.1 Å². The van der Waals surface area contributed by atoms with E-state index in [0.29, 0.717) is 12.5 Å². The smallest absolute Gasteiger partial charge is 0.191 e. The van der Waals surface area contributed by atoms with Gasteiger partial charge in [0.25, 0.3) is 0 Å². The van der Waals surface area contributed by atoms with Gasteiger partial charge in [-0.15, -0.1) is 24.0 Å². The normalized spacial score (nSPS) is 15.4. The average molecular weight is 470 g/mol. The molecule has 0 saturated carbocycles. The standard InChI is InChI=1S/C16H24F2N4O2.HI/c1-19-16(20-4-6-22-7-10-23-11-8-22)21-5-9-24-15-3-2-13(17)12-14(15)18;/h2-3,12H,4-11H2,1H3,(H2,19,20,21);1H. The van der Waals surface area contributed by atoms with Crippen LogP contribution in [0.4, 0.5) is 8.78 Å². The van der Waals surface area contributed by atoms with Crippen LogP contribution in [-0.2, 0) is 4.74 Å². The van der Waals surface area contributed by atoms with E-state index in [1.807, 2.05) is 0 Å². The van der Waals surface area contributed by atoms with Crippen molar-refractivity contribution in [1.29, 1.82) is 0 Å². The van der Waals surface area contributed by atoms with Crippen LogP contribution < -0.4 is 15.4 Å². The number of hydrogen-bond donors (Lipinski definition) is 2. The fraction of sp³-hybridized carbons (Fsp3) is 0.562. The molecule has 1 saturated heterocycles. The molecular formula is C16H25F2IN4O2. The molecule has 0 unspecified atom stereocenters. The molecule has 25 heavy (non-hydrogen) atoms. The van der Waals surface area contributed by atoms with Crippen molar-refractivity contribution in [2.75, 3.05) is 59.6 Å². The Morgan fingerprint density at radius 3 is 2.64 bits per heavy atom. The van der Waals surface area contributed by atoms with E-state index in [1.54, 1.807) is 7.05 Å². The van der Waals surface area contributed by atoms with Crippen molar-refractivity contribution in [1.82, 2.24) is 15.5 Å². The number of nitrogens with zero attached hydrogens (tertiary/aromatic N) is 2. The predicted molar refractivity (Wildman–Crippen MR) is 104 cm³/mol. The third-order valence-corrected chi connectivity index (χ3v) is 3.59. The second-order valence-corrected chi connectivity index (χ2v) is 5.30. The zero-order valence-corrected chi connectivity index (χ0v) is 16.6. The Labute approximate surface area is 164 Å². The lowest BCUT2D eigenvalue weighted by atomic mass is 10.3. The zero-order chi connectivity index (χ0) is 17.2. The van der Waals surface area contributed by atoms with Crippen LogP contribution in [0.5, 0.6) is 5.75 Å². The van der Waals surface area contributed by atoms with Crippen molar-refractivity contribution in [3.8, 4) is 5.75 Å². The lowest BCUT2D eigenvalue weighted by Crippen LogP contribution is -2.45. The van der Waals surface area contributed by atoms with Crippen LogP contribution in [0.2, 0.25) is 0 Å². The summed E-state index contributed by atoms with van der Waals surface area (Å²) in [5, 5.41) is 6.29. The fourth-order valence-corrected chi connectivity index (χ4v) is 2.30. The third kappa shape index (κ3) is 8.15. The number of aliphatic imine (C=N–C) groups is 1. The molecule has 2 N–H and O–H groups in total. The number of rotatable bonds is 7. The van der Waals surface area contributed by atoms with E-state index in [4.69, 9.17) is 9.47 Å². The van der Waals surface area contributed by atoms with Gasteiger partial charge in [0.05, 0.1) is 19.8 Å². The molecule has 0 spiro atoms. The second kappa shape index (κ2) is 12.2. The van der Waals surface area contributed by atoms with Gasteiger partial charge < -0.3 is 20.1 Å². The molecule has 0 amide bonds. The molecule has 142 valence electrons. The summed E-state index contributed by atoms with van der Waals surface area (Å²) >= 11 is 0. The first-order valence-corrected chi connectivity index (χ1v) is 8.01. The first-order chi connectivity index (χ1) is 11.7. The van der Waals surface area contributed by atoms with Gasteiger partial charge in [-0.25, -0.2) is 8.78 Å². The molecule has 6 nitrogen and oxygen atoms in total. The van der Waals surface area contributed by atoms with E-state index in [9.17, 15) is 8.78 Å². The Morgan fingerprint density at radius 2 is 1.96 bits per heavy atom. The van der Waals surface area contributed by atoms with Crippen molar-refractivity contribution >= 4 is 29.9 Å². The quantitative estimate of drug-likeness (QED) is 0.274. The van der Waals surface area contributed by atoms with Gasteiger partial charge in [0.1, 0.15) is 12.4 Å². The number of nitrogens with one attached hydrogen (secondary N) is 2. The minimum atomic E-state index is -0.706. The SMILES string of the molecule is CN=C(NCCOc1ccc(F)cc1F)NCCN1CCOCC1.I. The van der Waals surface area contributed by atoms with Gasteiger partial charge >= 0.3 is 0 Å². The molecule has 9 heteroatoms. The predicted octanol–water partition coefficient (Wildman–Crippen LogP) is 1.46. The summed E-state index contributed by atoms with van der Waals surface area (Å²) in [6.45, 7) is 5.85. The Balaban J connectivity index is 0.00000312. The van der Waals surface area contributed by atoms with Crippen LogP contribution in [0.25, 0.3) is 0 Å². The zero-order valence-electron chi connectivity index (χ0n) is 14.3. The van der Waals surface area contributed by atoms with Gasteiger partial charge in [-0.3, -0.25) is 9.89 Å². The van der Waals surface area contributed by atoms with E-state index in [0.717, 1.165) is 51.5 Å². The highest BCUT2D eigenvalue weighted by Gasteiger charge is 2.09. The average Bonchev–Trinajstić information content (AvgIpc) is 2.59. The van der Waals surface area contributed by atoms with E-state index < -0.39 is 11.6 Å². The van der Waals surface area contributed by atoms with Gasteiger partial charge in [0, 0.05) is 39.3 Å². The highest BCUT2D eigenvalue weighted by molar-refractivity contribution is 14.0. The summed E-state index contributed by atoms with van der Waals surface area (Å²) in [7, 11) is 1.69. The Morgan fingerprint density at radius 1 is 1.24 bits per heavy atom. The number of guanidine groups is 1. The van der Waals surface area contributed by atoms with E-state index >= 15 is 0 Å². The molecule has 0 bridgehead atoms. The van der Waals surface area contributed by atoms with Gasteiger partial charge in [0.15, 0.2) is 17.5 Å². The number of hydrogen-bond acceptors (Lipinski definition) is 4. The first kappa shape index (κ1) is 21.8. The molecule has 1 aromatic rings. The largest absolute Gasteiger partial charge is 0.489 e. The van der Waals surface area contributed by atoms with Crippen molar-refractivity contribution in [3.05, 3.63) is 29.8 Å². The monoisotopic (exact) mass is 470 g/mol. The fourth-order valence-electron chi connectivity index (χ4n) is 2.30. The Hall–Kier alpha value is -1.20. The minimum absolute atomic E-state index is 0. The summed E-state index contributed by atoms with van der Waals surface area (Å²) in [5.74, 6) is -0.634. The highest BCUT2D eigenvalue weighted by atomic mass is 127. The minimum Gasteiger partial charge on any atom is -0.489 e. The molecule has 0 atom stereocenters. The summed E-state index contributed by atoms with van der Waals surface area (Å²) < 4.78 is 36.8. The summed E-state index contributed by atoms with van der Waals surface area (Å²) in [5.41, 5.74) is 0. The van der Waals surface area contributed by atoms with Crippen LogP contribution in [-0.4, -0.2) is 70.5 Å². The molecule has 1 aliphatic heterocycles. The number of ether oxygens (including phenoxy) is 2. The summed E-state index contributed by atoms with van der Waals surface area (Å²) in [6.07, 6.45) is 0. The Bertz CT molecular complexity index is 543. The van der Waals surface area contributed by atoms with Gasteiger partial charge in [-0.05, 0) is 12.1 Å². The molecular weight excluding hydrogens is 445 g/mol. The number of halogens is 3. The van der Waals surface area contributed by atoms with Gasteiger partial charge in [-0.1, -0.05) is 0 Å². The van der Waals surface area contributed by atoms with Crippen molar-refractivity contribution in [3.63, 3.8) is 0 Å². The lowest BCUT2D eigenvalue weighted by molar-refractivity contribution is 0.0389.